The summed E-state index contributed by atoms with van der Waals surface area (Å²) in [6.45, 7) is 3.98. The fourth-order valence-corrected chi connectivity index (χ4v) is 4.61. The second kappa shape index (κ2) is 13.3. The molecule has 1 atom stereocenters. The van der Waals surface area contributed by atoms with Crippen LogP contribution >= 0.6 is 0 Å². The maximum atomic E-state index is 13.6. The minimum absolute atomic E-state index is 0.0224. The molecular formula is C31H33N5O6. The molecule has 1 saturated carbocycles. The zero-order chi connectivity index (χ0) is 29.5. The molecule has 1 aliphatic heterocycles. The van der Waals surface area contributed by atoms with E-state index in [1.165, 1.54) is 4.90 Å². The van der Waals surface area contributed by atoms with Gasteiger partial charge in [-0.2, -0.15) is 0 Å². The number of nitrogens with one attached hydrogen (secondary N) is 2. The molecule has 2 fully saturated rings. The first-order valence-electron chi connectivity index (χ1n) is 14.1. The first kappa shape index (κ1) is 28.9. The summed E-state index contributed by atoms with van der Waals surface area (Å²) in [5, 5.41) is 5.87. The Balaban J connectivity index is 1.38. The van der Waals surface area contributed by atoms with Crippen LogP contribution < -0.4 is 10.6 Å². The van der Waals surface area contributed by atoms with Crippen molar-refractivity contribution < 1.29 is 28.7 Å². The number of nitrogens with zero attached hydrogens (tertiary/aromatic N) is 3. The van der Waals surface area contributed by atoms with Gasteiger partial charge in [-0.3, -0.25) is 4.79 Å². The van der Waals surface area contributed by atoms with Crippen molar-refractivity contribution in [3.63, 3.8) is 0 Å². The molecule has 1 unspecified atom stereocenters. The minimum atomic E-state index is -1.20. The molecule has 1 aromatic heterocycles. The maximum absolute atomic E-state index is 13.6. The average molecular weight is 572 g/mol. The lowest BCUT2D eigenvalue weighted by molar-refractivity contribution is -0.140. The Hall–Kier alpha value is -4.64. The Kier molecular flexibility index (Phi) is 9.18. The number of aromatic nitrogens is 2. The lowest BCUT2D eigenvalue weighted by Gasteiger charge is -2.27. The Morgan fingerprint density at radius 3 is 2.38 bits per heavy atom. The van der Waals surface area contributed by atoms with Crippen molar-refractivity contribution in [2.24, 2.45) is 0 Å². The van der Waals surface area contributed by atoms with Gasteiger partial charge in [0.05, 0.1) is 12.2 Å². The molecule has 42 heavy (non-hydrogen) atoms. The maximum Gasteiger partial charge on any atom is 0.417 e. The fourth-order valence-electron chi connectivity index (χ4n) is 4.61. The number of amides is 2. The van der Waals surface area contributed by atoms with Gasteiger partial charge in [0, 0.05) is 49.8 Å². The van der Waals surface area contributed by atoms with Crippen LogP contribution in [0.4, 0.5) is 4.79 Å². The molecule has 2 heterocycles. The molecule has 0 bridgehead atoms. The molecular weight excluding hydrogens is 538 g/mol. The second-order valence-corrected chi connectivity index (χ2v) is 10.2. The monoisotopic (exact) mass is 571 g/mol. The van der Waals surface area contributed by atoms with Gasteiger partial charge >= 0.3 is 18.0 Å². The van der Waals surface area contributed by atoms with Crippen molar-refractivity contribution in [2.45, 2.75) is 38.1 Å². The van der Waals surface area contributed by atoms with Crippen LogP contribution in [-0.2, 0) is 20.7 Å². The van der Waals surface area contributed by atoms with E-state index in [2.05, 4.69) is 20.6 Å². The SMILES string of the molecule is CCOC(=O)c1ccc(CC(NC(=O)c2cc(C3CC3)nc(-c3ccccc3)n2)C(=O)OC(=O)N2CCNCC2)cc1. The van der Waals surface area contributed by atoms with Gasteiger partial charge in [-0.1, -0.05) is 42.5 Å². The topological polar surface area (TPSA) is 140 Å². The van der Waals surface area contributed by atoms with Crippen LogP contribution in [0.5, 0.6) is 0 Å². The van der Waals surface area contributed by atoms with E-state index in [0.29, 0.717) is 43.1 Å². The summed E-state index contributed by atoms with van der Waals surface area (Å²) in [5.74, 6) is -1.25. The van der Waals surface area contributed by atoms with Crippen molar-refractivity contribution in [1.29, 1.82) is 0 Å². The predicted molar refractivity (Wildman–Crippen MR) is 153 cm³/mol. The Morgan fingerprint density at radius 2 is 1.71 bits per heavy atom. The van der Waals surface area contributed by atoms with Crippen LogP contribution in [0, 0.1) is 0 Å². The van der Waals surface area contributed by atoms with E-state index in [1.807, 2.05) is 30.3 Å². The highest BCUT2D eigenvalue weighted by atomic mass is 16.6. The van der Waals surface area contributed by atoms with Gasteiger partial charge in [0.15, 0.2) is 5.82 Å². The van der Waals surface area contributed by atoms with Crippen LogP contribution in [0.25, 0.3) is 11.4 Å². The van der Waals surface area contributed by atoms with E-state index >= 15 is 0 Å². The van der Waals surface area contributed by atoms with Crippen LogP contribution in [0.2, 0.25) is 0 Å². The summed E-state index contributed by atoms with van der Waals surface area (Å²) in [5.41, 5.74) is 2.67. The summed E-state index contributed by atoms with van der Waals surface area (Å²) in [7, 11) is 0. The molecule has 218 valence electrons. The van der Waals surface area contributed by atoms with Gasteiger partial charge in [0.25, 0.3) is 5.91 Å². The Morgan fingerprint density at radius 1 is 1.00 bits per heavy atom. The largest absolute Gasteiger partial charge is 0.462 e. The normalized spacial score (nSPS) is 15.4. The van der Waals surface area contributed by atoms with Crippen molar-refractivity contribution in [3.8, 4) is 11.4 Å². The number of rotatable bonds is 9. The molecule has 0 spiro atoms. The number of carbonyl (C=O) groups is 4. The number of esters is 2. The summed E-state index contributed by atoms with van der Waals surface area (Å²) in [6, 6.07) is 16.3. The van der Waals surface area contributed by atoms with Crippen LogP contribution in [0.3, 0.4) is 0 Å². The first-order chi connectivity index (χ1) is 20.4. The molecule has 2 aromatic carbocycles. The van der Waals surface area contributed by atoms with E-state index < -0.39 is 30.0 Å². The van der Waals surface area contributed by atoms with E-state index in [9.17, 15) is 19.2 Å². The third kappa shape index (κ3) is 7.35. The van der Waals surface area contributed by atoms with Crippen LogP contribution in [0.1, 0.15) is 57.8 Å². The predicted octanol–water partition coefficient (Wildman–Crippen LogP) is 3.11. The molecule has 2 amide bonds. The molecule has 11 nitrogen and oxygen atoms in total. The summed E-state index contributed by atoms with van der Waals surface area (Å²) in [6.07, 6.45) is 1.23. The van der Waals surface area contributed by atoms with E-state index in [-0.39, 0.29) is 24.6 Å². The number of hydrogen-bond donors (Lipinski definition) is 2. The highest BCUT2D eigenvalue weighted by Crippen LogP contribution is 2.39. The van der Waals surface area contributed by atoms with Gasteiger partial charge in [0.2, 0.25) is 0 Å². The summed E-state index contributed by atoms with van der Waals surface area (Å²) in [4.78, 5) is 62.2. The van der Waals surface area contributed by atoms with Crippen LogP contribution in [-0.4, -0.2) is 77.6 Å². The lowest BCUT2D eigenvalue weighted by atomic mass is 10.0. The quantitative estimate of drug-likeness (QED) is 0.293. The molecule has 1 aliphatic carbocycles. The molecule has 5 rings (SSSR count). The van der Waals surface area contributed by atoms with Gasteiger partial charge in [0.1, 0.15) is 11.7 Å². The Bertz CT molecular complexity index is 1440. The third-order valence-corrected chi connectivity index (χ3v) is 7.06. The number of carbonyl (C=O) groups excluding carboxylic acids is 4. The molecule has 1 saturated heterocycles. The number of ether oxygens (including phenoxy) is 2. The van der Waals surface area contributed by atoms with Crippen molar-refractivity contribution in [3.05, 3.63) is 83.2 Å². The third-order valence-electron chi connectivity index (χ3n) is 7.06. The molecule has 11 heteroatoms. The van der Waals surface area contributed by atoms with Gasteiger partial charge in [-0.05, 0) is 43.5 Å². The minimum Gasteiger partial charge on any atom is -0.462 e. The summed E-state index contributed by atoms with van der Waals surface area (Å²) >= 11 is 0. The zero-order valence-corrected chi connectivity index (χ0v) is 23.4. The smallest absolute Gasteiger partial charge is 0.417 e. The standard InChI is InChI=1S/C31H33N5O6/c1-2-41-29(38)23-10-8-20(9-11-23)18-26(30(39)42-31(40)36-16-14-32-15-17-36)35-28(37)25-19-24(21-12-13-21)33-27(34-25)22-6-4-3-5-7-22/h3-11,19,21,26,32H,2,12-18H2,1H3,(H,35,37). The first-order valence-corrected chi connectivity index (χ1v) is 14.1. The average Bonchev–Trinajstić information content (AvgIpc) is 3.88. The number of piperazine rings is 1. The number of benzene rings is 2. The zero-order valence-electron chi connectivity index (χ0n) is 23.4. The van der Waals surface area contributed by atoms with Gasteiger partial charge < -0.3 is 25.0 Å². The van der Waals surface area contributed by atoms with Crippen LogP contribution in [0.15, 0.2) is 60.7 Å². The van der Waals surface area contributed by atoms with Crippen molar-refractivity contribution in [2.75, 3.05) is 32.8 Å². The second-order valence-electron chi connectivity index (χ2n) is 10.2. The van der Waals surface area contributed by atoms with E-state index in [1.54, 1.807) is 37.3 Å². The highest BCUT2D eigenvalue weighted by Gasteiger charge is 2.31. The molecule has 0 radical (unpaired) electrons. The number of hydrogen-bond acceptors (Lipinski definition) is 9. The Labute approximate surface area is 243 Å². The van der Waals surface area contributed by atoms with Crippen molar-refractivity contribution in [1.82, 2.24) is 25.5 Å². The highest BCUT2D eigenvalue weighted by molar-refractivity contribution is 5.97. The van der Waals surface area contributed by atoms with E-state index in [0.717, 1.165) is 24.1 Å². The molecule has 2 aliphatic rings. The fraction of sp³-hybridized carbons (Fsp3) is 0.355. The van der Waals surface area contributed by atoms with Crippen molar-refractivity contribution >= 4 is 23.9 Å². The summed E-state index contributed by atoms with van der Waals surface area (Å²) < 4.78 is 10.3. The molecule has 3 aromatic rings. The lowest BCUT2D eigenvalue weighted by Crippen LogP contribution is -2.49. The molecule has 2 N–H and O–H groups in total. The van der Waals surface area contributed by atoms with Gasteiger partial charge in [-0.25, -0.2) is 24.4 Å². The van der Waals surface area contributed by atoms with Gasteiger partial charge in [-0.15, -0.1) is 0 Å². The van der Waals surface area contributed by atoms with E-state index in [4.69, 9.17) is 9.47 Å².